The molecule has 6 nitrogen and oxygen atoms in total. The predicted molar refractivity (Wildman–Crippen MR) is 121 cm³/mol. The summed E-state index contributed by atoms with van der Waals surface area (Å²) in [6, 6.07) is 8.38. The zero-order valence-corrected chi connectivity index (χ0v) is 18.6. The van der Waals surface area contributed by atoms with E-state index in [9.17, 15) is 4.79 Å². The molecular weight excluding hydrogens is 400 g/mol. The number of fused-ring (bicyclic) bond motifs is 3. The number of primary amides is 1. The number of nitrogens with two attached hydrogens (primary N) is 1. The van der Waals surface area contributed by atoms with Crippen molar-refractivity contribution in [1.82, 2.24) is 9.88 Å². The van der Waals surface area contributed by atoms with Crippen molar-refractivity contribution in [3.05, 3.63) is 23.8 Å². The van der Waals surface area contributed by atoms with E-state index in [-0.39, 0.29) is 12.4 Å². The molecule has 7 heteroatoms. The number of anilines is 1. The Hall–Kier alpha value is -1.79. The molecule has 30 heavy (non-hydrogen) atoms. The maximum Gasteiger partial charge on any atom is 0.298 e. The first-order valence-corrected chi connectivity index (χ1v) is 11.3. The smallest absolute Gasteiger partial charge is 0.298 e. The lowest BCUT2D eigenvalue weighted by molar-refractivity contribution is 0.0513. The van der Waals surface area contributed by atoms with Gasteiger partial charge in [0.1, 0.15) is 5.52 Å². The Labute approximate surface area is 184 Å². The molecule has 1 saturated carbocycles. The second-order valence-electron chi connectivity index (χ2n) is 9.24. The first kappa shape index (κ1) is 21.4. The number of hydrogen-bond donors (Lipinski definition) is 1. The minimum atomic E-state index is -0.450. The molecule has 3 fully saturated rings. The number of aromatic nitrogens is 1. The highest BCUT2D eigenvalue weighted by Crippen LogP contribution is 2.40. The van der Waals surface area contributed by atoms with E-state index >= 15 is 0 Å². The van der Waals surface area contributed by atoms with Gasteiger partial charge in [0.15, 0.2) is 5.58 Å². The Kier molecular flexibility index (Phi) is 6.26. The molecule has 0 radical (unpaired) electrons. The molecule has 2 aliphatic heterocycles. The number of carbonyl (C=O) groups is 1. The predicted octanol–water partition coefficient (Wildman–Crippen LogP) is 4.50. The molecule has 1 aromatic carbocycles. The van der Waals surface area contributed by atoms with Crippen LogP contribution in [0.15, 0.2) is 22.6 Å². The fraction of sp³-hybridized carbons (Fsp3) is 0.652. The highest BCUT2D eigenvalue weighted by molar-refractivity contribution is 6.03. The van der Waals surface area contributed by atoms with Gasteiger partial charge in [-0.3, -0.25) is 4.79 Å². The van der Waals surface area contributed by atoms with Crippen molar-refractivity contribution in [3.8, 4) is 0 Å². The molecule has 2 saturated heterocycles. The van der Waals surface area contributed by atoms with Crippen LogP contribution < -0.4 is 10.6 Å². The van der Waals surface area contributed by atoms with E-state index in [0.717, 1.165) is 0 Å². The maximum atomic E-state index is 11.9. The Morgan fingerprint density at radius 3 is 2.43 bits per heavy atom. The van der Waals surface area contributed by atoms with E-state index in [2.05, 4.69) is 16.8 Å². The monoisotopic (exact) mass is 432 g/mol. The van der Waals surface area contributed by atoms with Gasteiger partial charge in [-0.1, -0.05) is 31.7 Å². The van der Waals surface area contributed by atoms with Crippen molar-refractivity contribution in [3.63, 3.8) is 0 Å². The number of para-hydroxylation sites is 1. The van der Waals surface area contributed by atoms with Crippen LogP contribution in [0.25, 0.3) is 11.1 Å². The van der Waals surface area contributed by atoms with Crippen LogP contribution in [0, 0.1) is 0 Å². The summed E-state index contributed by atoms with van der Waals surface area (Å²) < 4.78 is 6.27. The minimum Gasteiger partial charge on any atom is -0.423 e. The lowest BCUT2D eigenvalue weighted by Gasteiger charge is -2.51. The Bertz CT molecular complexity index is 880. The van der Waals surface area contributed by atoms with Crippen LogP contribution in [-0.4, -0.2) is 47.0 Å². The number of halogens is 1. The van der Waals surface area contributed by atoms with Crippen LogP contribution >= 0.6 is 12.4 Å². The summed E-state index contributed by atoms with van der Waals surface area (Å²) in [7, 11) is 2.30. The second kappa shape index (κ2) is 8.75. The van der Waals surface area contributed by atoms with Crippen LogP contribution in [0.2, 0.25) is 0 Å². The van der Waals surface area contributed by atoms with Crippen molar-refractivity contribution in [2.45, 2.75) is 88.4 Å². The van der Waals surface area contributed by atoms with Gasteiger partial charge in [0.2, 0.25) is 0 Å². The third-order valence-electron chi connectivity index (χ3n) is 7.57. The Morgan fingerprint density at radius 1 is 1.07 bits per heavy atom. The minimum absolute atomic E-state index is 0. The van der Waals surface area contributed by atoms with Gasteiger partial charge in [0, 0.05) is 24.2 Å². The summed E-state index contributed by atoms with van der Waals surface area (Å²) in [6.07, 6.45) is 12.5. The largest absolute Gasteiger partial charge is 0.423 e. The molecular formula is C23H33ClN4O2. The summed E-state index contributed by atoms with van der Waals surface area (Å²) in [5, 5.41) is 0. The van der Waals surface area contributed by atoms with Crippen molar-refractivity contribution < 1.29 is 9.21 Å². The molecule has 3 heterocycles. The Balaban J connectivity index is 0.00000218. The normalized spacial score (nSPS) is 27.6. The summed E-state index contributed by atoms with van der Waals surface area (Å²) in [4.78, 5) is 21.8. The second-order valence-corrected chi connectivity index (χ2v) is 9.24. The number of piperidine rings is 2. The zero-order chi connectivity index (χ0) is 20.0. The topological polar surface area (TPSA) is 75.6 Å². The standard InChI is InChI=1S/C23H32N4O2.ClH/c1-26-16-9-5-10-17(26)14-18(13-16)27(15-7-3-2-4-8-15)23-25-21-19(22(24)28)11-6-12-20(21)29-23;/h6,11-12,15-18H,2-5,7-10,13-14H2,1H3,(H2,24,28);1H. The molecule has 2 atom stereocenters. The van der Waals surface area contributed by atoms with Gasteiger partial charge in [-0.2, -0.15) is 4.98 Å². The lowest BCUT2D eigenvalue weighted by Crippen LogP contribution is -2.57. The van der Waals surface area contributed by atoms with Gasteiger partial charge in [0.05, 0.1) is 5.56 Å². The van der Waals surface area contributed by atoms with Crippen LogP contribution in [0.1, 0.15) is 74.6 Å². The van der Waals surface area contributed by atoms with Crippen LogP contribution in [-0.2, 0) is 0 Å². The lowest BCUT2D eigenvalue weighted by atomic mass is 9.80. The molecule has 2 unspecified atom stereocenters. The SMILES string of the molecule is CN1C2CCCC1CC(N(c1nc3c(C(N)=O)cccc3o1)C1CCCCC1)C2.Cl. The van der Waals surface area contributed by atoms with E-state index in [0.29, 0.717) is 46.8 Å². The average molecular weight is 433 g/mol. The molecule has 3 aliphatic rings. The van der Waals surface area contributed by atoms with Gasteiger partial charge in [0.25, 0.3) is 11.9 Å². The van der Waals surface area contributed by atoms with Gasteiger partial charge in [-0.05, 0) is 57.7 Å². The number of carbonyl (C=O) groups excluding carboxylic acids is 1. The highest BCUT2D eigenvalue weighted by Gasteiger charge is 2.41. The quantitative estimate of drug-likeness (QED) is 0.769. The molecule has 2 aromatic rings. The number of nitrogens with zero attached hydrogens (tertiary/aromatic N) is 3. The summed E-state index contributed by atoms with van der Waals surface area (Å²) in [5.41, 5.74) is 7.29. The number of rotatable bonds is 4. The number of hydrogen-bond acceptors (Lipinski definition) is 5. The van der Waals surface area contributed by atoms with E-state index in [1.165, 1.54) is 64.2 Å². The van der Waals surface area contributed by atoms with Crippen molar-refractivity contribution in [2.75, 3.05) is 11.9 Å². The Morgan fingerprint density at radius 2 is 1.77 bits per heavy atom. The number of oxazole rings is 1. The van der Waals surface area contributed by atoms with Gasteiger partial charge in [-0.15, -0.1) is 12.4 Å². The number of benzene rings is 1. The average Bonchev–Trinajstić information content (AvgIpc) is 3.13. The van der Waals surface area contributed by atoms with Crippen LogP contribution in [0.3, 0.4) is 0 Å². The van der Waals surface area contributed by atoms with Gasteiger partial charge in [-0.25, -0.2) is 0 Å². The molecule has 2 bridgehead atoms. The molecule has 1 aromatic heterocycles. The first-order chi connectivity index (χ1) is 14.1. The highest BCUT2D eigenvalue weighted by atomic mass is 35.5. The van der Waals surface area contributed by atoms with E-state index in [1.807, 2.05) is 12.1 Å². The molecule has 164 valence electrons. The molecule has 0 spiro atoms. The summed E-state index contributed by atoms with van der Waals surface area (Å²) in [5.74, 6) is -0.450. The molecule has 5 rings (SSSR count). The fourth-order valence-electron chi connectivity index (χ4n) is 6.03. The molecule has 1 aliphatic carbocycles. The maximum absolute atomic E-state index is 11.9. The van der Waals surface area contributed by atoms with Gasteiger partial charge >= 0.3 is 0 Å². The zero-order valence-electron chi connectivity index (χ0n) is 17.8. The van der Waals surface area contributed by atoms with Gasteiger partial charge < -0.3 is 20.0 Å². The first-order valence-electron chi connectivity index (χ1n) is 11.3. The molecule has 1 amide bonds. The van der Waals surface area contributed by atoms with E-state index in [1.54, 1.807) is 6.07 Å². The van der Waals surface area contributed by atoms with Crippen molar-refractivity contribution >= 4 is 35.4 Å². The van der Waals surface area contributed by atoms with Crippen LogP contribution in [0.4, 0.5) is 6.01 Å². The molecule has 2 N–H and O–H groups in total. The third kappa shape index (κ3) is 3.80. The van der Waals surface area contributed by atoms with E-state index in [4.69, 9.17) is 15.1 Å². The van der Waals surface area contributed by atoms with E-state index < -0.39 is 5.91 Å². The van der Waals surface area contributed by atoms with Crippen molar-refractivity contribution in [1.29, 1.82) is 0 Å². The summed E-state index contributed by atoms with van der Waals surface area (Å²) >= 11 is 0. The van der Waals surface area contributed by atoms with Crippen molar-refractivity contribution in [2.24, 2.45) is 5.73 Å². The number of amides is 1. The van der Waals surface area contributed by atoms with Crippen LogP contribution in [0.5, 0.6) is 0 Å². The third-order valence-corrected chi connectivity index (χ3v) is 7.57. The fourth-order valence-corrected chi connectivity index (χ4v) is 6.03. The summed E-state index contributed by atoms with van der Waals surface area (Å²) in [6.45, 7) is 0.